The molecule has 1 aliphatic rings. The first kappa shape index (κ1) is 37.7. The van der Waals surface area contributed by atoms with Crippen molar-refractivity contribution in [2.45, 2.75) is 51.1 Å². The predicted octanol–water partition coefficient (Wildman–Crippen LogP) is 9.47. The molecule has 5 aromatic rings. The Hall–Kier alpha value is -5.08. The average Bonchev–Trinajstić information content (AvgIpc) is 3.16. The van der Waals surface area contributed by atoms with Crippen LogP contribution in [0.1, 0.15) is 75.9 Å². The molecule has 0 spiro atoms. The van der Waals surface area contributed by atoms with Crippen molar-refractivity contribution >= 4 is 46.6 Å². The van der Waals surface area contributed by atoms with Crippen molar-refractivity contribution < 1.29 is 24.3 Å². The minimum absolute atomic E-state index is 0.0171. The van der Waals surface area contributed by atoms with Gasteiger partial charge in [0, 0.05) is 36.8 Å². The minimum atomic E-state index is -1.17. The highest BCUT2D eigenvalue weighted by Crippen LogP contribution is 2.37. The van der Waals surface area contributed by atoms with Gasteiger partial charge in [-0.1, -0.05) is 126 Å². The van der Waals surface area contributed by atoms with Gasteiger partial charge in [0.1, 0.15) is 0 Å². The number of hydrogen-bond acceptors (Lipinski definition) is 5. The number of amides is 1. The number of likely N-dealkylation sites (tertiary alicyclic amines) is 1. The molecule has 9 heteroatoms. The Morgan fingerprint density at radius 3 is 1.49 bits per heavy atom. The molecule has 5 aromatic carbocycles. The van der Waals surface area contributed by atoms with Crippen molar-refractivity contribution in [2.24, 2.45) is 0 Å². The summed E-state index contributed by atoms with van der Waals surface area (Å²) in [6.45, 7) is 5.26. The van der Waals surface area contributed by atoms with Crippen molar-refractivity contribution in [1.29, 1.82) is 0 Å². The number of carboxylic acids is 1. The van der Waals surface area contributed by atoms with E-state index in [1.165, 1.54) is 13.8 Å². The fourth-order valence-electron chi connectivity index (χ4n) is 6.96. The summed E-state index contributed by atoms with van der Waals surface area (Å²) in [5.74, 6) is -3.67. The van der Waals surface area contributed by atoms with Crippen LogP contribution < -0.4 is 5.32 Å². The highest BCUT2D eigenvalue weighted by Gasteiger charge is 2.37. The van der Waals surface area contributed by atoms with Crippen LogP contribution in [0.5, 0.6) is 0 Å². The molecule has 1 fully saturated rings. The summed E-state index contributed by atoms with van der Waals surface area (Å²) < 4.78 is 0. The standard InChI is InChI=1S/C44H40Cl2N2O5/c1-27(49)30-4-8-32(9-5-30)34-12-16-36(17-13-34)41(43(51)47-38-21-23-48(24-22-38)26-29-3-20-39(45)40(46)25-29)42(44(52)53)37-18-14-35(15-19-37)33-10-6-31(7-11-33)28(2)50/h3-20,25,38,41-42H,21-24,26H2,1-2H3,(H,47,51)(H,52,53). The second kappa shape index (κ2) is 16.7. The Labute approximate surface area is 319 Å². The molecule has 2 N–H and O–H groups in total. The van der Waals surface area contributed by atoms with E-state index in [4.69, 9.17) is 23.2 Å². The van der Waals surface area contributed by atoms with Gasteiger partial charge in [-0.05, 0) is 77.8 Å². The van der Waals surface area contributed by atoms with Crippen molar-refractivity contribution in [1.82, 2.24) is 10.2 Å². The third kappa shape index (κ3) is 9.11. The molecule has 1 amide bonds. The largest absolute Gasteiger partial charge is 0.481 e. The van der Waals surface area contributed by atoms with Gasteiger partial charge in [-0.3, -0.25) is 24.1 Å². The van der Waals surface area contributed by atoms with Gasteiger partial charge in [0.15, 0.2) is 11.6 Å². The summed E-state index contributed by atoms with van der Waals surface area (Å²) in [5, 5.41) is 15.0. The molecule has 2 atom stereocenters. The van der Waals surface area contributed by atoms with E-state index in [-0.39, 0.29) is 23.5 Å². The maximum atomic E-state index is 14.3. The molecule has 270 valence electrons. The van der Waals surface area contributed by atoms with Crippen LogP contribution in [0, 0.1) is 0 Å². The van der Waals surface area contributed by atoms with E-state index in [9.17, 15) is 24.3 Å². The molecule has 0 saturated carbocycles. The minimum Gasteiger partial charge on any atom is -0.481 e. The third-order valence-electron chi connectivity index (χ3n) is 10.00. The number of halogens is 2. The van der Waals surface area contributed by atoms with E-state index in [2.05, 4.69) is 10.2 Å². The lowest BCUT2D eigenvalue weighted by Crippen LogP contribution is -2.46. The number of nitrogens with zero attached hydrogens (tertiary/aromatic N) is 1. The van der Waals surface area contributed by atoms with Crippen molar-refractivity contribution in [3.05, 3.63) is 153 Å². The fourth-order valence-corrected chi connectivity index (χ4v) is 7.28. The van der Waals surface area contributed by atoms with Gasteiger partial charge in [-0.25, -0.2) is 0 Å². The number of ketones is 2. The predicted molar refractivity (Wildman–Crippen MR) is 210 cm³/mol. The average molecular weight is 748 g/mol. The van der Waals surface area contributed by atoms with Crippen LogP contribution in [-0.2, 0) is 16.1 Å². The summed E-state index contributed by atoms with van der Waals surface area (Å²) in [7, 11) is 0. The third-order valence-corrected chi connectivity index (χ3v) is 10.7. The Morgan fingerprint density at radius 2 is 1.08 bits per heavy atom. The van der Waals surface area contributed by atoms with Gasteiger partial charge in [-0.15, -0.1) is 0 Å². The van der Waals surface area contributed by atoms with Crippen LogP contribution in [-0.4, -0.2) is 52.6 Å². The van der Waals surface area contributed by atoms with Crippen LogP contribution in [0.2, 0.25) is 10.0 Å². The van der Waals surface area contributed by atoms with Gasteiger partial charge in [-0.2, -0.15) is 0 Å². The molecule has 7 nitrogen and oxygen atoms in total. The molecular weight excluding hydrogens is 707 g/mol. The summed E-state index contributed by atoms with van der Waals surface area (Å²) in [5.41, 5.74) is 6.90. The van der Waals surface area contributed by atoms with E-state index in [0.717, 1.165) is 40.9 Å². The number of aliphatic carboxylic acids is 1. The fraction of sp³-hybridized carbons (Fsp3) is 0.227. The number of benzene rings is 5. The van der Waals surface area contributed by atoms with Crippen LogP contribution in [0.25, 0.3) is 22.3 Å². The first-order valence-corrected chi connectivity index (χ1v) is 18.3. The molecule has 53 heavy (non-hydrogen) atoms. The SMILES string of the molecule is CC(=O)c1ccc(-c2ccc(C(C(=O)O)C(C(=O)NC3CCN(Cc4ccc(Cl)c(Cl)c4)CC3)c3ccc(-c4ccc(C(C)=O)cc4)cc3)cc2)cc1. The summed E-state index contributed by atoms with van der Waals surface area (Å²) in [6.07, 6.45) is 1.42. The number of rotatable bonds is 12. The lowest BCUT2D eigenvalue weighted by molar-refractivity contribution is -0.142. The Bertz CT molecular complexity index is 2110. The van der Waals surface area contributed by atoms with E-state index < -0.39 is 17.8 Å². The number of piperidine rings is 1. The normalized spacial score (nSPS) is 14.6. The lowest BCUT2D eigenvalue weighted by atomic mass is 9.79. The highest BCUT2D eigenvalue weighted by molar-refractivity contribution is 6.42. The van der Waals surface area contributed by atoms with E-state index in [1.807, 2.05) is 72.8 Å². The first-order chi connectivity index (χ1) is 25.5. The van der Waals surface area contributed by atoms with Gasteiger partial charge in [0.2, 0.25) is 5.91 Å². The molecule has 0 aromatic heterocycles. The summed E-state index contributed by atoms with van der Waals surface area (Å²) in [6, 6.07) is 34.7. The number of hydrogen-bond donors (Lipinski definition) is 2. The van der Waals surface area contributed by atoms with Crippen molar-refractivity contribution in [3.8, 4) is 22.3 Å². The van der Waals surface area contributed by atoms with Gasteiger partial charge in [0.05, 0.1) is 21.9 Å². The number of carbonyl (C=O) groups excluding carboxylic acids is 3. The molecule has 1 saturated heterocycles. The Balaban J connectivity index is 1.25. The molecule has 0 bridgehead atoms. The number of nitrogens with one attached hydrogen (secondary N) is 1. The zero-order chi connectivity index (χ0) is 37.6. The highest BCUT2D eigenvalue weighted by atomic mass is 35.5. The first-order valence-electron chi connectivity index (χ1n) is 17.6. The van der Waals surface area contributed by atoms with Crippen LogP contribution >= 0.6 is 23.2 Å². The number of carbonyl (C=O) groups is 4. The second-order valence-electron chi connectivity index (χ2n) is 13.6. The lowest BCUT2D eigenvalue weighted by Gasteiger charge is -2.34. The van der Waals surface area contributed by atoms with E-state index in [1.54, 1.807) is 42.5 Å². The van der Waals surface area contributed by atoms with Gasteiger partial charge in [0.25, 0.3) is 0 Å². The summed E-state index contributed by atoms with van der Waals surface area (Å²) >= 11 is 12.3. The van der Waals surface area contributed by atoms with Crippen molar-refractivity contribution in [3.63, 3.8) is 0 Å². The maximum Gasteiger partial charge on any atom is 0.312 e. The van der Waals surface area contributed by atoms with Crippen LogP contribution in [0.15, 0.2) is 115 Å². The summed E-state index contributed by atoms with van der Waals surface area (Å²) in [4.78, 5) is 53.3. The van der Waals surface area contributed by atoms with Gasteiger partial charge >= 0.3 is 5.97 Å². The van der Waals surface area contributed by atoms with E-state index >= 15 is 0 Å². The molecule has 6 rings (SSSR count). The quantitative estimate of drug-likeness (QED) is 0.123. The zero-order valence-corrected chi connectivity index (χ0v) is 31.0. The van der Waals surface area contributed by atoms with Crippen LogP contribution in [0.3, 0.4) is 0 Å². The van der Waals surface area contributed by atoms with Crippen molar-refractivity contribution in [2.75, 3.05) is 13.1 Å². The molecule has 0 radical (unpaired) electrons. The zero-order valence-electron chi connectivity index (χ0n) is 29.5. The molecular formula is C44H40Cl2N2O5. The molecule has 0 aliphatic carbocycles. The number of Topliss-reactive ketones (excluding diaryl/α,β-unsaturated/α-hetero) is 2. The number of carboxylic acid groups (broad SMARTS) is 1. The van der Waals surface area contributed by atoms with Gasteiger partial charge < -0.3 is 10.4 Å². The van der Waals surface area contributed by atoms with E-state index in [0.29, 0.717) is 51.7 Å². The molecule has 1 heterocycles. The Morgan fingerprint density at radius 1 is 0.642 bits per heavy atom. The molecule has 1 aliphatic heterocycles. The van der Waals surface area contributed by atoms with Crippen LogP contribution in [0.4, 0.5) is 0 Å². The monoisotopic (exact) mass is 746 g/mol. The topological polar surface area (TPSA) is 104 Å². The second-order valence-corrected chi connectivity index (χ2v) is 14.4. The Kier molecular flexibility index (Phi) is 11.9. The molecule has 2 unspecified atom stereocenters. The maximum absolute atomic E-state index is 14.3. The smallest absolute Gasteiger partial charge is 0.312 e.